The van der Waals surface area contributed by atoms with Crippen LogP contribution in [0.1, 0.15) is 20.8 Å². The Kier molecular flexibility index (Phi) is 7.24. The highest BCUT2D eigenvalue weighted by atomic mass is 32.2. The molecule has 0 aliphatic carbocycles. The Bertz CT molecular complexity index is 565. The van der Waals surface area contributed by atoms with Crippen LogP contribution in [0.3, 0.4) is 0 Å². The SMILES string of the molecule is CCOC(C)N(c1ccccc1S(N)(=O)=O)C(CN)OCC. The molecule has 1 rings (SSSR count). The number of nitrogens with two attached hydrogens (primary N) is 2. The number of primary sulfonamides is 1. The summed E-state index contributed by atoms with van der Waals surface area (Å²) in [5.41, 5.74) is 6.20. The monoisotopic (exact) mass is 331 g/mol. The molecule has 0 spiro atoms. The highest BCUT2D eigenvalue weighted by molar-refractivity contribution is 7.89. The number of para-hydroxylation sites is 1. The maximum Gasteiger partial charge on any atom is 0.240 e. The lowest BCUT2D eigenvalue weighted by molar-refractivity contribution is 0.00383. The van der Waals surface area contributed by atoms with Crippen molar-refractivity contribution in [3.05, 3.63) is 24.3 Å². The molecule has 8 heteroatoms. The summed E-state index contributed by atoms with van der Waals surface area (Å²) in [5, 5.41) is 5.32. The van der Waals surface area contributed by atoms with Gasteiger partial charge in [-0.2, -0.15) is 0 Å². The largest absolute Gasteiger partial charge is 0.359 e. The van der Waals surface area contributed by atoms with E-state index in [1.54, 1.807) is 23.1 Å². The highest BCUT2D eigenvalue weighted by Gasteiger charge is 2.28. The van der Waals surface area contributed by atoms with E-state index in [4.69, 9.17) is 20.3 Å². The number of ether oxygens (including phenoxy) is 2. The molecular weight excluding hydrogens is 306 g/mol. The van der Waals surface area contributed by atoms with E-state index in [0.29, 0.717) is 18.9 Å². The van der Waals surface area contributed by atoms with Gasteiger partial charge < -0.3 is 20.1 Å². The zero-order valence-electron chi connectivity index (χ0n) is 13.2. The minimum Gasteiger partial charge on any atom is -0.359 e. The van der Waals surface area contributed by atoms with Crippen LogP contribution in [0.5, 0.6) is 0 Å². The maximum atomic E-state index is 11.8. The first-order valence-electron chi connectivity index (χ1n) is 7.20. The standard InChI is InChI=1S/C14H25N3O4S/c1-4-20-11(3)17(14(10-15)21-5-2)12-8-6-7-9-13(12)22(16,18)19/h6-9,11,14H,4-5,10,15H2,1-3H3,(H2,16,18,19). The van der Waals surface area contributed by atoms with Gasteiger partial charge in [-0.3, -0.25) is 0 Å². The predicted molar refractivity (Wildman–Crippen MR) is 85.9 cm³/mol. The summed E-state index contributed by atoms with van der Waals surface area (Å²) < 4.78 is 34.9. The smallest absolute Gasteiger partial charge is 0.240 e. The van der Waals surface area contributed by atoms with Crippen LogP contribution >= 0.6 is 0 Å². The van der Waals surface area contributed by atoms with E-state index >= 15 is 0 Å². The van der Waals surface area contributed by atoms with Crippen LogP contribution in [0.4, 0.5) is 5.69 Å². The molecule has 0 aliphatic heterocycles. The molecule has 7 nitrogen and oxygen atoms in total. The molecule has 1 aromatic rings. The van der Waals surface area contributed by atoms with Crippen LogP contribution in [0.25, 0.3) is 0 Å². The first kappa shape index (κ1) is 18.9. The van der Waals surface area contributed by atoms with Gasteiger partial charge in [0, 0.05) is 19.8 Å². The third kappa shape index (κ3) is 4.65. The van der Waals surface area contributed by atoms with Crippen molar-refractivity contribution in [1.82, 2.24) is 0 Å². The van der Waals surface area contributed by atoms with E-state index in [1.165, 1.54) is 6.07 Å². The molecule has 0 saturated carbocycles. The molecular formula is C14H25N3O4S. The van der Waals surface area contributed by atoms with Crippen molar-refractivity contribution in [3.63, 3.8) is 0 Å². The molecule has 0 saturated heterocycles. The number of hydrogen-bond acceptors (Lipinski definition) is 6. The Morgan fingerprint density at radius 1 is 1.18 bits per heavy atom. The Hall–Kier alpha value is -1.19. The molecule has 0 heterocycles. The zero-order chi connectivity index (χ0) is 16.8. The van der Waals surface area contributed by atoms with Gasteiger partial charge in [-0.15, -0.1) is 0 Å². The van der Waals surface area contributed by atoms with Crippen molar-refractivity contribution in [1.29, 1.82) is 0 Å². The van der Waals surface area contributed by atoms with Crippen LogP contribution in [0, 0.1) is 0 Å². The number of sulfonamides is 1. The van der Waals surface area contributed by atoms with Gasteiger partial charge in [-0.05, 0) is 32.9 Å². The number of hydrogen-bond donors (Lipinski definition) is 2. The van der Waals surface area contributed by atoms with E-state index < -0.39 is 22.5 Å². The molecule has 0 radical (unpaired) electrons. The number of nitrogens with zero attached hydrogens (tertiary/aromatic N) is 1. The lowest BCUT2D eigenvalue weighted by Gasteiger charge is -2.37. The van der Waals surface area contributed by atoms with E-state index in [9.17, 15) is 8.42 Å². The third-order valence-electron chi connectivity index (χ3n) is 3.12. The molecule has 0 fully saturated rings. The van der Waals surface area contributed by atoms with Crippen LogP contribution in [0.15, 0.2) is 29.2 Å². The molecule has 0 aliphatic rings. The summed E-state index contributed by atoms with van der Waals surface area (Å²) in [6.45, 7) is 6.61. The third-order valence-corrected chi connectivity index (χ3v) is 4.08. The lowest BCUT2D eigenvalue weighted by atomic mass is 10.2. The van der Waals surface area contributed by atoms with E-state index in [-0.39, 0.29) is 11.4 Å². The Morgan fingerprint density at radius 3 is 2.27 bits per heavy atom. The Labute approximate surface area is 132 Å². The maximum absolute atomic E-state index is 11.8. The minimum absolute atomic E-state index is 0.0136. The molecule has 22 heavy (non-hydrogen) atoms. The van der Waals surface area contributed by atoms with Crippen molar-refractivity contribution in [2.24, 2.45) is 10.9 Å². The number of anilines is 1. The molecule has 0 aromatic heterocycles. The highest BCUT2D eigenvalue weighted by Crippen LogP contribution is 2.28. The van der Waals surface area contributed by atoms with Gasteiger partial charge in [0.15, 0.2) is 0 Å². The summed E-state index contributed by atoms with van der Waals surface area (Å²) in [6.07, 6.45) is -0.942. The van der Waals surface area contributed by atoms with Gasteiger partial charge in [0.05, 0.1) is 5.69 Å². The van der Waals surface area contributed by atoms with Gasteiger partial charge in [0.2, 0.25) is 10.0 Å². The normalized spacial score (nSPS) is 14.6. The van der Waals surface area contributed by atoms with E-state index in [1.807, 2.05) is 20.8 Å². The molecule has 0 amide bonds. The van der Waals surface area contributed by atoms with Gasteiger partial charge in [0.1, 0.15) is 17.4 Å². The minimum atomic E-state index is -3.88. The zero-order valence-corrected chi connectivity index (χ0v) is 14.0. The van der Waals surface area contributed by atoms with Crippen LogP contribution in [-0.4, -0.2) is 40.6 Å². The topological polar surface area (TPSA) is 108 Å². The van der Waals surface area contributed by atoms with Crippen molar-refractivity contribution < 1.29 is 17.9 Å². The number of benzene rings is 1. The average Bonchev–Trinajstić information content (AvgIpc) is 2.46. The molecule has 126 valence electrons. The van der Waals surface area contributed by atoms with Crippen molar-refractivity contribution in [2.45, 2.75) is 38.1 Å². The number of rotatable bonds is 9. The van der Waals surface area contributed by atoms with Crippen LogP contribution < -0.4 is 15.8 Å². The van der Waals surface area contributed by atoms with Gasteiger partial charge >= 0.3 is 0 Å². The van der Waals surface area contributed by atoms with Crippen molar-refractivity contribution >= 4 is 15.7 Å². The Morgan fingerprint density at radius 2 is 1.77 bits per heavy atom. The summed E-state index contributed by atoms with van der Waals surface area (Å²) in [7, 11) is -3.88. The second-order valence-corrected chi connectivity index (χ2v) is 6.15. The van der Waals surface area contributed by atoms with Gasteiger partial charge in [0.25, 0.3) is 0 Å². The quantitative estimate of drug-likeness (QED) is 0.649. The first-order valence-corrected chi connectivity index (χ1v) is 8.74. The lowest BCUT2D eigenvalue weighted by Crippen LogP contribution is -2.49. The molecule has 2 unspecified atom stereocenters. The van der Waals surface area contributed by atoms with E-state index in [0.717, 1.165) is 0 Å². The molecule has 0 bridgehead atoms. The fourth-order valence-electron chi connectivity index (χ4n) is 2.27. The molecule has 4 N–H and O–H groups in total. The predicted octanol–water partition coefficient (Wildman–Crippen LogP) is 0.844. The second kappa shape index (κ2) is 8.44. The molecule has 2 atom stereocenters. The summed E-state index contributed by atoms with van der Waals surface area (Å²) in [6, 6.07) is 6.47. The average molecular weight is 331 g/mol. The first-order chi connectivity index (χ1) is 10.4. The fourth-order valence-corrected chi connectivity index (χ4v) is 3.01. The van der Waals surface area contributed by atoms with Crippen LogP contribution in [-0.2, 0) is 19.5 Å². The Balaban J connectivity index is 3.38. The van der Waals surface area contributed by atoms with Gasteiger partial charge in [-0.25, -0.2) is 13.6 Å². The summed E-state index contributed by atoms with van der Waals surface area (Å²) in [5.74, 6) is 0. The van der Waals surface area contributed by atoms with Crippen molar-refractivity contribution in [2.75, 3.05) is 24.7 Å². The van der Waals surface area contributed by atoms with E-state index in [2.05, 4.69) is 0 Å². The summed E-state index contributed by atoms with van der Waals surface area (Å²) in [4.78, 5) is 1.71. The van der Waals surface area contributed by atoms with Crippen LogP contribution in [0.2, 0.25) is 0 Å². The molecule has 1 aromatic carbocycles. The fraction of sp³-hybridized carbons (Fsp3) is 0.571. The van der Waals surface area contributed by atoms with Gasteiger partial charge in [-0.1, -0.05) is 12.1 Å². The van der Waals surface area contributed by atoms with Crippen molar-refractivity contribution in [3.8, 4) is 0 Å². The summed E-state index contributed by atoms with van der Waals surface area (Å²) >= 11 is 0. The second-order valence-electron chi connectivity index (χ2n) is 4.62.